The normalized spacial score (nSPS) is 10.3. The highest BCUT2D eigenvalue weighted by atomic mass is 14.7. The molecule has 58 valence electrons. The van der Waals surface area contributed by atoms with E-state index in [-0.39, 0.29) is 0 Å². The van der Waals surface area contributed by atoms with E-state index >= 15 is 0 Å². The van der Waals surface area contributed by atoms with Gasteiger partial charge >= 0.3 is 0 Å². The van der Waals surface area contributed by atoms with Crippen LogP contribution < -0.4 is 0 Å². The van der Waals surface area contributed by atoms with E-state index in [1.54, 1.807) is 0 Å². The van der Waals surface area contributed by atoms with Crippen LogP contribution in [0.2, 0.25) is 0 Å². The molecule has 1 aromatic rings. The van der Waals surface area contributed by atoms with Crippen LogP contribution in [0.15, 0.2) is 0 Å². The topological polar surface area (TPSA) is 12.9 Å². The van der Waals surface area contributed by atoms with E-state index in [9.17, 15) is 0 Å². The van der Waals surface area contributed by atoms with Gasteiger partial charge < -0.3 is 0 Å². The second-order valence-corrected chi connectivity index (χ2v) is 2.95. The lowest BCUT2D eigenvalue weighted by molar-refractivity contribution is 1.05. The fourth-order valence-electron chi connectivity index (χ4n) is 1.14. The molecule has 0 fully saturated rings. The fraction of sp³-hybridized carbons (Fsp3) is 0.400. The zero-order chi connectivity index (χ0) is 8.59. The van der Waals surface area contributed by atoms with Gasteiger partial charge in [-0.2, -0.15) is 0 Å². The summed E-state index contributed by atoms with van der Waals surface area (Å²) in [5.74, 6) is 0. The van der Waals surface area contributed by atoms with E-state index in [2.05, 4.69) is 4.98 Å². The molecule has 0 bridgehead atoms. The summed E-state index contributed by atoms with van der Waals surface area (Å²) in [5.41, 5.74) is 5.20. The molecule has 1 heterocycles. The summed E-state index contributed by atoms with van der Waals surface area (Å²) in [6, 6.07) is 0. The number of nitrogens with zero attached hydrogens (tertiary/aromatic N) is 1. The number of rotatable bonds is 0. The minimum absolute atomic E-state index is 0.827. The number of hydrogen-bond acceptors (Lipinski definition) is 1. The van der Waals surface area contributed by atoms with Gasteiger partial charge in [0.05, 0.1) is 0 Å². The lowest BCUT2D eigenvalue weighted by atomic mass is 10.0. The van der Waals surface area contributed by atoms with Gasteiger partial charge in [-0.3, -0.25) is 4.98 Å². The first-order valence-corrected chi connectivity index (χ1v) is 3.74. The molecule has 11 heavy (non-hydrogen) atoms. The molecule has 0 unspecified atom stereocenters. The summed E-state index contributed by atoms with van der Waals surface area (Å²) >= 11 is 0. The fourth-order valence-corrected chi connectivity index (χ4v) is 1.14. The lowest BCUT2D eigenvalue weighted by Crippen LogP contribution is -1.98. The Morgan fingerprint density at radius 2 is 1.45 bits per heavy atom. The Bertz CT molecular complexity index is 261. The minimum atomic E-state index is 0.827. The van der Waals surface area contributed by atoms with E-state index in [1.807, 2.05) is 27.7 Å². The minimum Gasteiger partial charge on any atom is -0.258 e. The number of hydrogen-bond donors (Lipinski definition) is 0. The van der Waals surface area contributed by atoms with Crippen LogP contribution in [-0.4, -0.2) is 4.98 Å². The van der Waals surface area contributed by atoms with Gasteiger partial charge in [-0.25, -0.2) is 0 Å². The third kappa shape index (κ3) is 1.28. The van der Waals surface area contributed by atoms with E-state index in [0.29, 0.717) is 0 Å². The summed E-state index contributed by atoms with van der Waals surface area (Å²) in [6.07, 6.45) is 0. The molecule has 1 rings (SSSR count). The van der Waals surface area contributed by atoms with Crippen LogP contribution in [-0.2, 0) is 0 Å². The van der Waals surface area contributed by atoms with Crippen LogP contribution in [0.5, 0.6) is 0 Å². The number of pyridine rings is 1. The molecular weight excluding hydrogens is 134 g/mol. The lowest BCUT2D eigenvalue weighted by Gasteiger charge is -2.09. The van der Waals surface area contributed by atoms with Gasteiger partial charge in [0.15, 0.2) is 0 Å². The second kappa shape index (κ2) is 2.65. The largest absolute Gasteiger partial charge is 0.258 e. The summed E-state index contributed by atoms with van der Waals surface area (Å²) in [5, 5.41) is 0. The molecule has 0 atom stereocenters. The first-order chi connectivity index (χ1) is 5.04. The first-order valence-electron chi connectivity index (χ1n) is 3.74. The Labute approximate surface area is 68.5 Å². The van der Waals surface area contributed by atoms with Gasteiger partial charge in [-0.15, -0.1) is 0 Å². The zero-order valence-electron chi connectivity index (χ0n) is 7.52. The molecular formula is C10H13N. The van der Waals surface area contributed by atoms with Gasteiger partial charge in [0.1, 0.15) is 0 Å². The molecule has 0 spiro atoms. The van der Waals surface area contributed by atoms with E-state index in [4.69, 9.17) is 6.92 Å². The SMILES string of the molecule is [CH]c1c(C)nc(C)c(C)c1C. The molecule has 1 aromatic heterocycles. The molecule has 0 aliphatic heterocycles. The highest BCUT2D eigenvalue weighted by Crippen LogP contribution is 2.16. The smallest absolute Gasteiger partial charge is 0.0413 e. The predicted molar refractivity (Wildman–Crippen MR) is 46.6 cm³/mol. The molecule has 0 aliphatic rings. The highest BCUT2D eigenvalue weighted by Gasteiger charge is 2.04. The van der Waals surface area contributed by atoms with Gasteiger partial charge in [0.25, 0.3) is 0 Å². The standard InChI is InChI=1S/C10H13N/c1-6-7(2)9(4)11-10(5)8(6)3/h2H,1,3-5H3. The van der Waals surface area contributed by atoms with Crippen LogP contribution in [0, 0.1) is 34.6 Å². The molecule has 0 N–H and O–H groups in total. The maximum absolute atomic E-state index is 5.79. The quantitative estimate of drug-likeness (QED) is 0.549. The highest BCUT2D eigenvalue weighted by molar-refractivity contribution is 5.39. The molecule has 1 nitrogen and oxygen atoms in total. The summed E-state index contributed by atoms with van der Waals surface area (Å²) in [6.45, 7) is 13.8. The maximum atomic E-state index is 5.79. The number of aromatic nitrogens is 1. The first kappa shape index (κ1) is 8.25. The van der Waals surface area contributed by atoms with E-state index in [1.165, 1.54) is 5.56 Å². The Morgan fingerprint density at radius 1 is 0.909 bits per heavy atom. The van der Waals surface area contributed by atoms with Crippen LogP contribution >= 0.6 is 0 Å². The monoisotopic (exact) mass is 147 g/mol. The van der Waals surface area contributed by atoms with Gasteiger partial charge in [-0.1, -0.05) is 0 Å². The predicted octanol–water partition coefficient (Wildman–Crippen LogP) is 2.37. The molecule has 0 saturated carbocycles. The Kier molecular flexibility index (Phi) is 1.99. The van der Waals surface area contributed by atoms with Crippen molar-refractivity contribution in [3.05, 3.63) is 35.0 Å². The number of aryl methyl sites for hydroxylation is 2. The van der Waals surface area contributed by atoms with Crippen molar-refractivity contribution in [1.29, 1.82) is 0 Å². The van der Waals surface area contributed by atoms with Crippen LogP contribution in [0.3, 0.4) is 0 Å². The molecule has 1 heteroatoms. The summed E-state index contributed by atoms with van der Waals surface area (Å²) < 4.78 is 0. The third-order valence-corrected chi connectivity index (χ3v) is 2.23. The van der Waals surface area contributed by atoms with Crippen molar-refractivity contribution >= 4 is 0 Å². The molecule has 0 aliphatic carbocycles. The summed E-state index contributed by atoms with van der Waals surface area (Å²) in [4.78, 5) is 4.31. The maximum Gasteiger partial charge on any atom is 0.0413 e. The van der Waals surface area contributed by atoms with E-state index in [0.717, 1.165) is 22.5 Å². The molecule has 0 saturated heterocycles. The van der Waals surface area contributed by atoms with Crippen molar-refractivity contribution in [3.8, 4) is 0 Å². The van der Waals surface area contributed by atoms with Crippen molar-refractivity contribution in [2.45, 2.75) is 27.7 Å². The van der Waals surface area contributed by atoms with Gasteiger partial charge in [0, 0.05) is 18.3 Å². The Balaban J connectivity index is 3.46. The van der Waals surface area contributed by atoms with Crippen molar-refractivity contribution in [3.63, 3.8) is 0 Å². The van der Waals surface area contributed by atoms with Crippen molar-refractivity contribution < 1.29 is 0 Å². The second-order valence-electron chi connectivity index (χ2n) is 2.95. The van der Waals surface area contributed by atoms with Crippen molar-refractivity contribution in [2.24, 2.45) is 0 Å². The summed E-state index contributed by atoms with van der Waals surface area (Å²) in [7, 11) is 0. The molecule has 0 aromatic carbocycles. The molecule has 2 radical (unpaired) electrons. The van der Waals surface area contributed by atoms with Crippen LogP contribution in [0.25, 0.3) is 0 Å². The Morgan fingerprint density at radius 3 is 2.00 bits per heavy atom. The third-order valence-electron chi connectivity index (χ3n) is 2.23. The molecule has 0 amide bonds. The zero-order valence-corrected chi connectivity index (χ0v) is 7.52. The van der Waals surface area contributed by atoms with Crippen LogP contribution in [0.1, 0.15) is 28.1 Å². The average Bonchev–Trinajstić information content (AvgIpc) is 1.97. The van der Waals surface area contributed by atoms with Gasteiger partial charge in [-0.05, 0) is 44.4 Å². The van der Waals surface area contributed by atoms with Crippen molar-refractivity contribution in [2.75, 3.05) is 0 Å². The van der Waals surface area contributed by atoms with Crippen molar-refractivity contribution in [1.82, 2.24) is 4.98 Å². The average molecular weight is 147 g/mol. The van der Waals surface area contributed by atoms with Crippen LogP contribution in [0.4, 0.5) is 0 Å². The Hall–Kier alpha value is -0.850. The van der Waals surface area contributed by atoms with E-state index < -0.39 is 0 Å². The van der Waals surface area contributed by atoms with Gasteiger partial charge in [0.2, 0.25) is 0 Å².